The van der Waals surface area contributed by atoms with E-state index >= 15 is 13.2 Å². The van der Waals surface area contributed by atoms with Gasteiger partial charge in [0, 0.05) is 44.2 Å². The minimum Gasteiger partial charge on any atom is -0.308 e. The third kappa shape index (κ3) is 7.54. The Morgan fingerprint density at radius 3 is 1.37 bits per heavy atom. The summed E-state index contributed by atoms with van der Waals surface area (Å²) >= 11 is 0. The second kappa shape index (κ2) is 15.6. The lowest BCUT2D eigenvalue weighted by atomic mass is 9.86. The lowest BCUT2D eigenvalue weighted by Gasteiger charge is -2.23. The molecule has 306 valence electrons. The highest BCUT2D eigenvalue weighted by atomic mass is 19.4. The number of halogens is 3. The molecule has 0 radical (unpaired) electrons. The lowest BCUT2D eigenvalue weighted by Crippen LogP contribution is -2.12. The number of hydrogen-bond acceptors (Lipinski definition) is 4. The van der Waals surface area contributed by atoms with E-state index in [4.69, 9.17) is 19.9 Å². The normalized spacial score (nSPS) is 12.0. The topological polar surface area (TPSA) is 56.5 Å². The molecule has 0 spiro atoms. The SMILES string of the molecule is CC(C)(C)c1ccc2c3ccccc3n(-c3c(-c4cc(-c5ccccc5)nc(-c5ccccc5)n4)cc(C(F)(F)F)cc3-c3nc(-c4ccccc4)cc(-c4ccccc4)n3)c2c1. The van der Waals surface area contributed by atoms with E-state index in [9.17, 15) is 0 Å². The fourth-order valence-electron chi connectivity index (χ4n) is 8.22. The zero-order valence-corrected chi connectivity index (χ0v) is 34.8. The largest absolute Gasteiger partial charge is 0.416 e. The van der Waals surface area contributed by atoms with Gasteiger partial charge < -0.3 is 4.57 Å². The van der Waals surface area contributed by atoms with Gasteiger partial charge in [-0.3, -0.25) is 0 Å². The van der Waals surface area contributed by atoms with Gasteiger partial charge in [-0.15, -0.1) is 0 Å². The van der Waals surface area contributed by atoms with E-state index in [-0.39, 0.29) is 22.4 Å². The van der Waals surface area contributed by atoms with E-state index in [2.05, 4.69) is 49.6 Å². The molecule has 63 heavy (non-hydrogen) atoms. The van der Waals surface area contributed by atoms with Crippen LogP contribution in [0.15, 0.2) is 188 Å². The van der Waals surface area contributed by atoms with Crippen molar-refractivity contribution in [3.05, 3.63) is 199 Å². The third-order valence-electron chi connectivity index (χ3n) is 11.4. The molecule has 8 heteroatoms. The van der Waals surface area contributed by atoms with Crippen molar-refractivity contribution in [2.24, 2.45) is 0 Å². The molecule has 0 unspecified atom stereocenters. The molecule has 0 N–H and O–H groups in total. The Balaban J connectivity index is 1.40. The van der Waals surface area contributed by atoms with E-state index in [1.165, 1.54) is 12.1 Å². The summed E-state index contributed by atoms with van der Waals surface area (Å²) in [7, 11) is 0. The van der Waals surface area contributed by atoms with E-state index in [0.29, 0.717) is 34.3 Å². The summed E-state index contributed by atoms with van der Waals surface area (Å²) in [5.41, 5.74) is 7.65. The van der Waals surface area contributed by atoms with Crippen molar-refractivity contribution < 1.29 is 13.2 Å². The van der Waals surface area contributed by atoms with Crippen LogP contribution >= 0.6 is 0 Å². The first kappa shape index (κ1) is 39.4. The van der Waals surface area contributed by atoms with Crippen LogP contribution in [-0.2, 0) is 11.6 Å². The van der Waals surface area contributed by atoms with E-state index in [0.717, 1.165) is 49.6 Å². The first-order chi connectivity index (χ1) is 30.5. The maximum absolute atomic E-state index is 15.6. The highest BCUT2D eigenvalue weighted by Crippen LogP contribution is 2.46. The fraction of sp³-hybridized carbons (Fsp3) is 0.0909. The number of alkyl halides is 3. The Labute approximate surface area is 363 Å². The summed E-state index contributed by atoms with van der Waals surface area (Å²) in [6, 6.07) is 58.9. The minimum absolute atomic E-state index is 0.135. The van der Waals surface area contributed by atoms with Crippen LogP contribution in [0.25, 0.3) is 95.3 Å². The summed E-state index contributed by atoms with van der Waals surface area (Å²) in [5, 5.41) is 1.91. The van der Waals surface area contributed by atoms with Crippen LogP contribution in [0.2, 0.25) is 0 Å². The molecule has 10 aromatic rings. The molecule has 3 aromatic heterocycles. The molecule has 7 aromatic carbocycles. The van der Waals surface area contributed by atoms with Gasteiger partial charge in [-0.25, -0.2) is 19.9 Å². The van der Waals surface area contributed by atoms with Crippen LogP contribution in [0.3, 0.4) is 0 Å². The molecule has 0 bridgehead atoms. The zero-order chi connectivity index (χ0) is 43.3. The Hall–Kier alpha value is -7.71. The van der Waals surface area contributed by atoms with Crippen molar-refractivity contribution in [1.29, 1.82) is 0 Å². The number of aromatic nitrogens is 5. The van der Waals surface area contributed by atoms with Crippen molar-refractivity contribution in [3.8, 4) is 73.5 Å². The van der Waals surface area contributed by atoms with Crippen molar-refractivity contribution in [2.45, 2.75) is 32.4 Å². The van der Waals surface area contributed by atoms with E-state index < -0.39 is 11.7 Å². The number of fused-ring (bicyclic) bond motifs is 3. The van der Waals surface area contributed by atoms with Crippen LogP contribution in [0, 0.1) is 0 Å². The molecule has 0 saturated heterocycles. The average molecular weight is 828 g/mol. The molecule has 5 nitrogen and oxygen atoms in total. The number of rotatable bonds is 7. The number of benzene rings is 7. The molecule has 10 rings (SSSR count). The first-order valence-corrected chi connectivity index (χ1v) is 20.8. The Kier molecular flexibility index (Phi) is 9.79. The third-order valence-corrected chi connectivity index (χ3v) is 11.4. The maximum atomic E-state index is 15.6. The second-order valence-corrected chi connectivity index (χ2v) is 16.6. The fourth-order valence-corrected chi connectivity index (χ4v) is 8.22. The molecular formula is C55H40F3N5. The summed E-state index contributed by atoms with van der Waals surface area (Å²) in [4.78, 5) is 20.5. The van der Waals surface area contributed by atoms with Gasteiger partial charge >= 0.3 is 6.18 Å². The van der Waals surface area contributed by atoms with Gasteiger partial charge in [-0.1, -0.05) is 172 Å². The van der Waals surface area contributed by atoms with Crippen molar-refractivity contribution in [1.82, 2.24) is 24.5 Å². The van der Waals surface area contributed by atoms with Gasteiger partial charge in [0.2, 0.25) is 0 Å². The van der Waals surface area contributed by atoms with Crippen molar-refractivity contribution in [2.75, 3.05) is 0 Å². The van der Waals surface area contributed by atoms with Crippen molar-refractivity contribution in [3.63, 3.8) is 0 Å². The highest BCUT2D eigenvalue weighted by molar-refractivity contribution is 6.11. The maximum Gasteiger partial charge on any atom is 0.416 e. The van der Waals surface area contributed by atoms with Crippen molar-refractivity contribution >= 4 is 21.8 Å². The number of para-hydroxylation sites is 1. The van der Waals surface area contributed by atoms with Gasteiger partial charge in [0.1, 0.15) is 0 Å². The molecule has 0 aliphatic carbocycles. The predicted octanol–water partition coefficient (Wildman–Crippen LogP) is 14.7. The van der Waals surface area contributed by atoms with Crippen LogP contribution in [0.5, 0.6) is 0 Å². The summed E-state index contributed by atoms with van der Waals surface area (Å²) in [6.07, 6.45) is -4.75. The van der Waals surface area contributed by atoms with Gasteiger partial charge in [0.05, 0.1) is 45.1 Å². The quantitative estimate of drug-likeness (QED) is 0.161. The lowest BCUT2D eigenvalue weighted by molar-refractivity contribution is -0.137. The predicted molar refractivity (Wildman–Crippen MR) is 248 cm³/mol. The van der Waals surface area contributed by atoms with Crippen LogP contribution in [0.1, 0.15) is 31.9 Å². The number of hydrogen-bond donors (Lipinski definition) is 0. The van der Waals surface area contributed by atoms with Crippen LogP contribution in [0.4, 0.5) is 13.2 Å². The van der Waals surface area contributed by atoms with Gasteiger partial charge in [0.15, 0.2) is 11.6 Å². The van der Waals surface area contributed by atoms with E-state index in [1.807, 2.05) is 146 Å². The first-order valence-electron chi connectivity index (χ1n) is 20.8. The average Bonchev–Trinajstić information content (AvgIpc) is 3.65. The Morgan fingerprint density at radius 2 is 0.825 bits per heavy atom. The van der Waals surface area contributed by atoms with E-state index in [1.54, 1.807) is 6.07 Å². The number of nitrogens with zero attached hydrogens (tertiary/aromatic N) is 5. The minimum atomic E-state index is -4.75. The molecule has 3 heterocycles. The highest BCUT2D eigenvalue weighted by Gasteiger charge is 2.35. The van der Waals surface area contributed by atoms with Crippen LogP contribution < -0.4 is 0 Å². The zero-order valence-electron chi connectivity index (χ0n) is 34.8. The molecule has 0 aliphatic rings. The molecule has 0 fully saturated rings. The smallest absolute Gasteiger partial charge is 0.308 e. The Bertz CT molecular complexity index is 3020. The van der Waals surface area contributed by atoms with Gasteiger partial charge in [-0.2, -0.15) is 13.2 Å². The molecule has 0 atom stereocenters. The molecular weight excluding hydrogens is 788 g/mol. The standard InChI is InChI=1S/C55H40F3N5/c1-54(2,3)39-28-29-42-41-26-16-17-27-49(41)63(50(42)32-39)51-43(48-34-47(37-22-12-6-13-23-37)59-52(62-48)38-24-14-7-15-25-38)30-40(55(56,57)58)31-44(51)53-60-45(35-18-8-4-9-19-35)33-46(61-53)36-20-10-5-11-21-36/h4-34H,1-3H3. The van der Waals surface area contributed by atoms with Crippen LogP contribution in [-0.4, -0.2) is 24.5 Å². The molecule has 0 aliphatic heterocycles. The Morgan fingerprint density at radius 1 is 0.381 bits per heavy atom. The molecule has 0 amide bonds. The second-order valence-electron chi connectivity index (χ2n) is 16.6. The monoisotopic (exact) mass is 827 g/mol. The van der Waals surface area contributed by atoms with Gasteiger partial charge in [-0.05, 0) is 47.4 Å². The summed E-state index contributed by atoms with van der Waals surface area (Å²) in [5.74, 6) is 0.513. The molecule has 0 saturated carbocycles. The summed E-state index contributed by atoms with van der Waals surface area (Å²) in [6.45, 7) is 6.46. The summed E-state index contributed by atoms with van der Waals surface area (Å²) < 4.78 is 49.0. The van der Waals surface area contributed by atoms with Gasteiger partial charge in [0.25, 0.3) is 0 Å².